The largest absolute Gasteiger partial charge is 0.489 e. The first kappa shape index (κ1) is 11.2. The number of ether oxygens (including phenoxy) is 1. The Kier molecular flexibility index (Phi) is 2.76. The molecule has 1 aliphatic rings. The molecule has 1 aliphatic heterocycles. The van der Waals surface area contributed by atoms with Crippen LogP contribution in [-0.2, 0) is 11.3 Å². The topological polar surface area (TPSA) is 29.5 Å². The average molecular weight is 218 g/mol. The Hall–Kier alpha value is -1.28. The molecule has 0 spiro atoms. The van der Waals surface area contributed by atoms with E-state index in [9.17, 15) is 5.11 Å². The van der Waals surface area contributed by atoms with Gasteiger partial charge in [0.2, 0.25) is 0 Å². The Labute approximate surface area is 96.6 Å². The third-order valence-electron chi connectivity index (χ3n) is 3.28. The summed E-state index contributed by atoms with van der Waals surface area (Å²) in [5.74, 6) is 0.964. The lowest BCUT2D eigenvalue weighted by Crippen LogP contribution is -2.08. The Bertz CT molecular complexity index is 433. The Morgan fingerprint density at radius 2 is 2.06 bits per heavy atom. The molecule has 0 bridgehead atoms. The third-order valence-corrected chi connectivity index (χ3v) is 3.28. The lowest BCUT2D eigenvalue weighted by molar-refractivity contribution is 0.126. The van der Waals surface area contributed by atoms with Crippen molar-refractivity contribution in [1.82, 2.24) is 0 Å². The fourth-order valence-corrected chi connectivity index (χ4v) is 2.14. The summed E-state index contributed by atoms with van der Waals surface area (Å²) in [5.41, 5.74) is 4.39. The van der Waals surface area contributed by atoms with Gasteiger partial charge in [-0.05, 0) is 24.0 Å². The van der Waals surface area contributed by atoms with Crippen molar-refractivity contribution in [3.8, 4) is 0 Å². The molecule has 0 amide bonds. The van der Waals surface area contributed by atoms with E-state index in [1.54, 1.807) is 0 Å². The zero-order valence-corrected chi connectivity index (χ0v) is 10.1. The van der Waals surface area contributed by atoms with Crippen LogP contribution in [-0.4, -0.2) is 5.11 Å². The standard InChI is InChI=1S/C14H18O2/c1-8(2)14(15)11-5-6-12-10(4)16-7-13(12)9(11)3/h5-6,8,14-15H,4,7H2,1-3H3. The second kappa shape index (κ2) is 3.95. The van der Waals surface area contributed by atoms with Crippen LogP contribution >= 0.6 is 0 Å². The maximum atomic E-state index is 10.1. The van der Waals surface area contributed by atoms with Crippen LogP contribution in [0, 0.1) is 12.8 Å². The summed E-state index contributed by atoms with van der Waals surface area (Å²) in [7, 11) is 0. The molecule has 0 radical (unpaired) electrons. The fourth-order valence-electron chi connectivity index (χ4n) is 2.14. The monoisotopic (exact) mass is 218 g/mol. The summed E-state index contributed by atoms with van der Waals surface area (Å²) < 4.78 is 5.42. The van der Waals surface area contributed by atoms with Gasteiger partial charge in [-0.1, -0.05) is 32.6 Å². The van der Waals surface area contributed by atoms with Gasteiger partial charge < -0.3 is 9.84 Å². The van der Waals surface area contributed by atoms with Gasteiger partial charge >= 0.3 is 0 Å². The van der Waals surface area contributed by atoms with Crippen LogP contribution < -0.4 is 0 Å². The molecule has 0 saturated carbocycles. The Morgan fingerprint density at radius 3 is 2.69 bits per heavy atom. The lowest BCUT2D eigenvalue weighted by atomic mass is 9.91. The smallest absolute Gasteiger partial charge is 0.120 e. The number of fused-ring (bicyclic) bond motifs is 1. The second-order valence-electron chi connectivity index (χ2n) is 4.71. The van der Waals surface area contributed by atoms with E-state index in [0.29, 0.717) is 6.61 Å². The number of aliphatic hydroxyl groups excluding tert-OH is 1. The molecule has 1 N–H and O–H groups in total. The molecule has 1 atom stereocenters. The molecule has 2 heteroatoms. The van der Waals surface area contributed by atoms with Crippen molar-refractivity contribution in [2.45, 2.75) is 33.5 Å². The molecule has 0 aromatic heterocycles. The van der Waals surface area contributed by atoms with Gasteiger partial charge in [0.15, 0.2) is 0 Å². The normalized spacial score (nSPS) is 16.2. The predicted molar refractivity (Wildman–Crippen MR) is 64.8 cm³/mol. The van der Waals surface area contributed by atoms with Crippen LogP contribution in [0.5, 0.6) is 0 Å². The highest BCUT2D eigenvalue weighted by molar-refractivity contribution is 5.66. The van der Waals surface area contributed by atoms with E-state index in [2.05, 4.69) is 6.58 Å². The fraction of sp³-hybridized carbons (Fsp3) is 0.429. The van der Waals surface area contributed by atoms with Gasteiger partial charge in [0.05, 0.1) is 6.10 Å². The summed E-state index contributed by atoms with van der Waals surface area (Å²) >= 11 is 0. The van der Waals surface area contributed by atoms with Crippen molar-refractivity contribution in [2.24, 2.45) is 5.92 Å². The minimum absolute atomic E-state index is 0.224. The van der Waals surface area contributed by atoms with Crippen LogP contribution in [0.2, 0.25) is 0 Å². The average Bonchev–Trinajstić information content (AvgIpc) is 2.61. The van der Waals surface area contributed by atoms with Crippen molar-refractivity contribution >= 4 is 5.76 Å². The number of rotatable bonds is 2. The molecule has 1 aromatic carbocycles. The predicted octanol–water partition coefficient (Wildman–Crippen LogP) is 3.19. The highest BCUT2D eigenvalue weighted by atomic mass is 16.5. The number of hydrogen-bond donors (Lipinski definition) is 1. The second-order valence-corrected chi connectivity index (χ2v) is 4.71. The van der Waals surface area contributed by atoms with Gasteiger partial charge in [0, 0.05) is 11.1 Å². The van der Waals surface area contributed by atoms with E-state index in [1.165, 1.54) is 5.56 Å². The molecular formula is C14H18O2. The van der Waals surface area contributed by atoms with Crippen molar-refractivity contribution in [1.29, 1.82) is 0 Å². The summed E-state index contributed by atoms with van der Waals surface area (Å²) in [6.07, 6.45) is -0.404. The van der Waals surface area contributed by atoms with E-state index in [1.807, 2.05) is 32.9 Å². The molecule has 1 heterocycles. The van der Waals surface area contributed by atoms with E-state index in [0.717, 1.165) is 22.4 Å². The number of hydrogen-bond acceptors (Lipinski definition) is 2. The zero-order chi connectivity index (χ0) is 11.9. The van der Waals surface area contributed by atoms with E-state index < -0.39 is 6.10 Å². The van der Waals surface area contributed by atoms with Crippen LogP contribution in [0.15, 0.2) is 18.7 Å². The molecule has 16 heavy (non-hydrogen) atoms. The van der Waals surface area contributed by atoms with Crippen LogP contribution in [0.3, 0.4) is 0 Å². The minimum atomic E-state index is -0.404. The van der Waals surface area contributed by atoms with Crippen molar-refractivity contribution < 1.29 is 9.84 Å². The molecule has 0 saturated heterocycles. The minimum Gasteiger partial charge on any atom is -0.489 e. The first-order chi connectivity index (χ1) is 7.52. The van der Waals surface area contributed by atoms with Crippen molar-refractivity contribution in [2.75, 3.05) is 0 Å². The van der Waals surface area contributed by atoms with E-state index in [-0.39, 0.29) is 5.92 Å². The SMILES string of the molecule is C=C1OCc2c1ccc(C(O)C(C)C)c2C. The lowest BCUT2D eigenvalue weighted by Gasteiger charge is -2.18. The van der Waals surface area contributed by atoms with Crippen LogP contribution in [0.4, 0.5) is 0 Å². The number of benzene rings is 1. The molecule has 2 rings (SSSR count). The highest BCUT2D eigenvalue weighted by Crippen LogP contribution is 2.35. The molecule has 0 fully saturated rings. The van der Waals surface area contributed by atoms with E-state index >= 15 is 0 Å². The summed E-state index contributed by atoms with van der Waals surface area (Å²) in [5, 5.41) is 10.1. The van der Waals surface area contributed by atoms with Gasteiger partial charge in [-0.3, -0.25) is 0 Å². The van der Waals surface area contributed by atoms with Crippen molar-refractivity contribution in [3.63, 3.8) is 0 Å². The Morgan fingerprint density at radius 1 is 1.38 bits per heavy atom. The van der Waals surface area contributed by atoms with Crippen LogP contribution in [0.1, 0.15) is 42.2 Å². The first-order valence-electron chi connectivity index (χ1n) is 5.65. The summed E-state index contributed by atoms with van der Waals surface area (Å²) in [6, 6.07) is 3.98. The molecule has 2 nitrogen and oxygen atoms in total. The first-order valence-corrected chi connectivity index (χ1v) is 5.65. The maximum Gasteiger partial charge on any atom is 0.120 e. The highest BCUT2D eigenvalue weighted by Gasteiger charge is 2.23. The van der Waals surface area contributed by atoms with Gasteiger partial charge in [-0.15, -0.1) is 0 Å². The molecule has 1 unspecified atom stereocenters. The Balaban J connectivity index is 2.48. The summed E-state index contributed by atoms with van der Waals surface area (Å²) in [6.45, 7) is 10.5. The third kappa shape index (κ3) is 1.63. The summed E-state index contributed by atoms with van der Waals surface area (Å²) in [4.78, 5) is 0. The molecular weight excluding hydrogens is 200 g/mol. The maximum absolute atomic E-state index is 10.1. The molecule has 86 valence electrons. The quantitative estimate of drug-likeness (QED) is 0.826. The molecule has 1 aromatic rings. The number of aliphatic hydroxyl groups is 1. The van der Waals surface area contributed by atoms with Gasteiger partial charge in [0.1, 0.15) is 12.4 Å². The zero-order valence-electron chi connectivity index (χ0n) is 10.1. The van der Waals surface area contributed by atoms with Crippen molar-refractivity contribution in [3.05, 3.63) is 41.0 Å². The van der Waals surface area contributed by atoms with Crippen LogP contribution in [0.25, 0.3) is 5.76 Å². The van der Waals surface area contributed by atoms with E-state index in [4.69, 9.17) is 4.74 Å². The molecule has 0 aliphatic carbocycles. The van der Waals surface area contributed by atoms with Gasteiger partial charge in [-0.2, -0.15) is 0 Å². The van der Waals surface area contributed by atoms with Gasteiger partial charge in [-0.25, -0.2) is 0 Å². The van der Waals surface area contributed by atoms with Gasteiger partial charge in [0.25, 0.3) is 0 Å².